The van der Waals surface area contributed by atoms with Gasteiger partial charge in [-0.15, -0.1) is 0 Å². The van der Waals surface area contributed by atoms with Crippen LogP contribution in [0.25, 0.3) is 0 Å². The molecule has 1 saturated carbocycles. The Morgan fingerprint density at radius 1 is 1.11 bits per heavy atom. The third-order valence-electron chi connectivity index (χ3n) is 2.17. The number of halogens is 1. The summed E-state index contributed by atoms with van der Waals surface area (Å²) in [5.74, 6) is 0. The van der Waals surface area contributed by atoms with Crippen LogP contribution in [0.2, 0.25) is 0 Å². The molecule has 1 nitrogen and oxygen atoms in total. The fourth-order valence-corrected chi connectivity index (χ4v) is 1.50. The Kier molecular flexibility index (Phi) is 4.24. The molecule has 1 N–H and O–H groups in total. The fraction of sp³-hybridized carbons (Fsp3) is 1.00. The SMILES string of the molecule is C[NH+](C)C1CCCC1.[Cl-]. The van der Waals surface area contributed by atoms with Gasteiger partial charge in [-0.1, -0.05) is 0 Å². The maximum Gasteiger partial charge on any atom is 0.0870 e. The van der Waals surface area contributed by atoms with E-state index in [4.69, 9.17) is 0 Å². The summed E-state index contributed by atoms with van der Waals surface area (Å²) in [5.41, 5.74) is 0. The molecule has 0 bridgehead atoms. The molecule has 2 heteroatoms. The molecule has 0 saturated heterocycles. The molecule has 1 fully saturated rings. The molecule has 0 atom stereocenters. The van der Waals surface area contributed by atoms with Gasteiger partial charge in [0.2, 0.25) is 0 Å². The van der Waals surface area contributed by atoms with Crippen molar-refractivity contribution >= 4 is 0 Å². The van der Waals surface area contributed by atoms with Crippen LogP contribution >= 0.6 is 0 Å². The van der Waals surface area contributed by atoms with E-state index in [1.165, 1.54) is 25.7 Å². The van der Waals surface area contributed by atoms with Crippen molar-refractivity contribution in [1.82, 2.24) is 0 Å². The van der Waals surface area contributed by atoms with Crippen LogP contribution in [0.4, 0.5) is 0 Å². The van der Waals surface area contributed by atoms with Crippen LogP contribution in [0.3, 0.4) is 0 Å². The second-order valence-corrected chi connectivity index (χ2v) is 3.06. The first-order valence-corrected chi connectivity index (χ1v) is 3.61. The zero-order chi connectivity index (χ0) is 5.98. The maximum absolute atomic E-state index is 2.26. The zero-order valence-corrected chi connectivity index (χ0v) is 7.04. The second-order valence-electron chi connectivity index (χ2n) is 3.06. The van der Waals surface area contributed by atoms with E-state index in [0.29, 0.717) is 0 Å². The lowest BCUT2D eigenvalue weighted by molar-refractivity contribution is -0.884. The van der Waals surface area contributed by atoms with Gasteiger partial charge in [0.15, 0.2) is 0 Å². The largest absolute Gasteiger partial charge is 1.00 e. The van der Waals surface area contributed by atoms with Gasteiger partial charge in [-0.3, -0.25) is 0 Å². The van der Waals surface area contributed by atoms with Crippen LogP contribution in [0.1, 0.15) is 25.7 Å². The minimum atomic E-state index is 0. The lowest BCUT2D eigenvalue weighted by Gasteiger charge is -2.14. The molecule has 0 aromatic rings. The Balaban J connectivity index is 0.000000640. The minimum absolute atomic E-state index is 0. The molecule has 0 amide bonds. The van der Waals surface area contributed by atoms with Crippen molar-refractivity contribution in [2.75, 3.05) is 14.1 Å². The van der Waals surface area contributed by atoms with E-state index in [1.54, 1.807) is 4.90 Å². The molecule has 0 aromatic carbocycles. The summed E-state index contributed by atoms with van der Waals surface area (Å²) in [5, 5.41) is 0. The number of hydrogen-bond donors (Lipinski definition) is 1. The van der Waals surface area contributed by atoms with Crippen LogP contribution in [-0.4, -0.2) is 20.1 Å². The van der Waals surface area contributed by atoms with Gasteiger partial charge in [0.25, 0.3) is 0 Å². The summed E-state index contributed by atoms with van der Waals surface area (Å²) in [6.45, 7) is 0. The molecule has 0 spiro atoms. The van der Waals surface area contributed by atoms with E-state index in [9.17, 15) is 0 Å². The molecular weight excluding hydrogens is 134 g/mol. The molecule has 1 aliphatic carbocycles. The van der Waals surface area contributed by atoms with Crippen molar-refractivity contribution in [2.45, 2.75) is 31.7 Å². The highest BCUT2D eigenvalue weighted by atomic mass is 35.5. The lowest BCUT2D eigenvalue weighted by Crippen LogP contribution is -3.09. The normalized spacial score (nSPS) is 20.3. The summed E-state index contributed by atoms with van der Waals surface area (Å²) in [6.07, 6.45) is 5.86. The first-order valence-electron chi connectivity index (χ1n) is 3.61. The van der Waals surface area contributed by atoms with Gasteiger partial charge in [-0.25, -0.2) is 0 Å². The molecule has 0 aromatic heterocycles. The van der Waals surface area contributed by atoms with E-state index in [2.05, 4.69) is 14.1 Å². The van der Waals surface area contributed by atoms with Crippen LogP contribution in [0.5, 0.6) is 0 Å². The van der Waals surface area contributed by atoms with Gasteiger partial charge in [-0.05, 0) is 25.7 Å². The van der Waals surface area contributed by atoms with Crippen LogP contribution in [-0.2, 0) is 0 Å². The monoisotopic (exact) mass is 149 g/mol. The van der Waals surface area contributed by atoms with E-state index in [1.807, 2.05) is 0 Å². The predicted molar refractivity (Wildman–Crippen MR) is 35.1 cm³/mol. The Morgan fingerprint density at radius 2 is 1.56 bits per heavy atom. The third kappa shape index (κ3) is 2.55. The van der Waals surface area contributed by atoms with Gasteiger partial charge in [0, 0.05) is 0 Å². The molecule has 9 heavy (non-hydrogen) atoms. The highest BCUT2D eigenvalue weighted by Crippen LogP contribution is 2.14. The highest BCUT2D eigenvalue weighted by Gasteiger charge is 2.19. The van der Waals surface area contributed by atoms with Crippen LogP contribution in [0, 0.1) is 0 Å². The van der Waals surface area contributed by atoms with Crippen molar-refractivity contribution in [3.63, 3.8) is 0 Å². The van der Waals surface area contributed by atoms with Gasteiger partial charge in [0.1, 0.15) is 0 Å². The van der Waals surface area contributed by atoms with Gasteiger partial charge < -0.3 is 17.3 Å². The average Bonchev–Trinajstić information content (AvgIpc) is 2.12. The number of quaternary nitrogens is 1. The Bertz CT molecular complexity index is 67.3. The number of hydrogen-bond acceptors (Lipinski definition) is 0. The first-order chi connectivity index (χ1) is 3.80. The molecular formula is C7H16ClN. The van der Waals surface area contributed by atoms with Gasteiger partial charge in [-0.2, -0.15) is 0 Å². The summed E-state index contributed by atoms with van der Waals surface area (Å²) in [6, 6.07) is 0.981. The Labute approximate surface area is 63.8 Å². The van der Waals surface area contributed by atoms with Gasteiger partial charge >= 0.3 is 0 Å². The van der Waals surface area contributed by atoms with E-state index in [-0.39, 0.29) is 12.4 Å². The first kappa shape index (κ1) is 9.25. The zero-order valence-electron chi connectivity index (χ0n) is 6.28. The minimum Gasteiger partial charge on any atom is -1.00 e. The molecule has 0 heterocycles. The smallest absolute Gasteiger partial charge is 0.0870 e. The van der Waals surface area contributed by atoms with E-state index < -0.39 is 0 Å². The van der Waals surface area contributed by atoms with Crippen LogP contribution < -0.4 is 17.3 Å². The molecule has 0 unspecified atom stereocenters. The fourth-order valence-electron chi connectivity index (χ4n) is 1.50. The van der Waals surface area contributed by atoms with Crippen LogP contribution in [0.15, 0.2) is 0 Å². The summed E-state index contributed by atoms with van der Waals surface area (Å²) in [7, 11) is 4.52. The van der Waals surface area contributed by atoms with Gasteiger partial charge in [0.05, 0.1) is 20.1 Å². The lowest BCUT2D eigenvalue weighted by atomic mass is 10.2. The predicted octanol–water partition coefficient (Wildman–Crippen LogP) is -2.92. The standard InChI is InChI=1S/C7H15N.ClH/c1-8(2)7-5-3-4-6-7;/h7H,3-6H2,1-2H3;1H. The van der Waals surface area contributed by atoms with Crippen molar-refractivity contribution in [3.05, 3.63) is 0 Å². The molecule has 56 valence electrons. The maximum atomic E-state index is 2.26. The number of rotatable bonds is 1. The van der Waals surface area contributed by atoms with E-state index in [0.717, 1.165) is 6.04 Å². The van der Waals surface area contributed by atoms with Crippen molar-refractivity contribution in [2.24, 2.45) is 0 Å². The Hall–Kier alpha value is 0.250. The summed E-state index contributed by atoms with van der Waals surface area (Å²) >= 11 is 0. The summed E-state index contributed by atoms with van der Waals surface area (Å²) < 4.78 is 0. The number of nitrogens with one attached hydrogen (secondary N) is 1. The average molecular weight is 150 g/mol. The van der Waals surface area contributed by atoms with Crippen molar-refractivity contribution < 1.29 is 17.3 Å². The molecule has 1 aliphatic rings. The van der Waals surface area contributed by atoms with Crippen molar-refractivity contribution in [1.29, 1.82) is 0 Å². The van der Waals surface area contributed by atoms with E-state index >= 15 is 0 Å². The highest BCUT2D eigenvalue weighted by molar-refractivity contribution is 4.63. The quantitative estimate of drug-likeness (QED) is 0.408. The topological polar surface area (TPSA) is 4.44 Å². The molecule has 0 radical (unpaired) electrons. The Morgan fingerprint density at radius 3 is 1.78 bits per heavy atom. The third-order valence-corrected chi connectivity index (χ3v) is 2.17. The second kappa shape index (κ2) is 4.13. The van der Waals surface area contributed by atoms with Crippen molar-refractivity contribution in [3.8, 4) is 0 Å². The summed E-state index contributed by atoms with van der Waals surface area (Å²) in [4.78, 5) is 1.64. The molecule has 1 rings (SSSR count). The molecule has 0 aliphatic heterocycles.